The van der Waals surface area contributed by atoms with Crippen molar-refractivity contribution < 1.29 is 9.18 Å². The standard InChI is InChI=1S/C23H26FN3O/c24-18-7-4-9-20(14-18)27-13-5-8-19(16-27)26-23(28)12-3-6-17-15-25-22-11-2-1-10-21(17)22/h1-2,4,7,9-11,14-15,19,25H,3,5-6,8,12-13,16H2,(H,26,28). The Morgan fingerprint density at radius 2 is 2.11 bits per heavy atom. The normalized spacial score (nSPS) is 17.0. The second-order valence-electron chi connectivity index (χ2n) is 7.55. The van der Waals surface area contributed by atoms with Gasteiger partial charge in [0.1, 0.15) is 5.82 Å². The number of carbonyl (C=O) groups excluding carboxylic acids is 1. The molecule has 0 aliphatic carbocycles. The summed E-state index contributed by atoms with van der Waals surface area (Å²) in [6.45, 7) is 1.63. The number of amides is 1. The molecule has 5 heteroatoms. The summed E-state index contributed by atoms with van der Waals surface area (Å²) >= 11 is 0. The van der Waals surface area contributed by atoms with E-state index in [-0.39, 0.29) is 17.8 Å². The molecule has 0 saturated carbocycles. The maximum absolute atomic E-state index is 13.5. The third-order valence-electron chi connectivity index (χ3n) is 5.48. The summed E-state index contributed by atoms with van der Waals surface area (Å²) in [5.74, 6) is -0.119. The number of piperidine rings is 1. The molecule has 146 valence electrons. The molecule has 1 fully saturated rings. The van der Waals surface area contributed by atoms with Crippen molar-refractivity contribution in [3.8, 4) is 0 Å². The molecular weight excluding hydrogens is 353 g/mol. The van der Waals surface area contributed by atoms with E-state index in [1.807, 2.05) is 24.4 Å². The third-order valence-corrected chi connectivity index (χ3v) is 5.48. The van der Waals surface area contributed by atoms with Gasteiger partial charge in [0, 0.05) is 48.3 Å². The number of fused-ring (bicyclic) bond motifs is 1. The molecule has 2 heterocycles. The highest BCUT2D eigenvalue weighted by Gasteiger charge is 2.21. The van der Waals surface area contributed by atoms with Gasteiger partial charge in [-0.2, -0.15) is 0 Å². The Morgan fingerprint density at radius 3 is 3.00 bits per heavy atom. The van der Waals surface area contributed by atoms with Gasteiger partial charge in [-0.25, -0.2) is 4.39 Å². The summed E-state index contributed by atoms with van der Waals surface area (Å²) in [6.07, 6.45) is 6.25. The monoisotopic (exact) mass is 379 g/mol. The van der Waals surface area contributed by atoms with Crippen LogP contribution in [0.4, 0.5) is 10.1 Å². The fourth-order valence-electron chi connectivity index (χ4n) is 4.08. The molecule has 0 spiro atoms. The summed E-state index contributed by atoms with van der Waals surface area (Å²) in [7, 11) is 0. The first-order valence-corrected chi connectivity index (χ1v) is 10.0. The fourth-order valence-corrected chi connectivity index (χ4v) is 4.08. The van der Waals surface area contributed by atoms with Crippen molar-refractivity contribution in [3.05, 3.63) is 66.1 Å². The second kappa shape index (κ2) is 8.46. The minimum atomic E-state index is -0.221. The minimum Gasteiger partial charge on any atom is -0.369 e. The zero-order chi connectivity index (χ0) is 19.3. The molecule has 28 heavy (non-hydrogen) atoms. The summed E-state index contributed by atoms with van der Waals surface area (Å²) in [5.41, 5.74) is 3.29. The smallest absolute Gasteiger partial charge is 0.220 e. The molecule has 1 amide bonds. The van der Waals surface area contributed by atoms with Crippen LogP contribution in [0.3, 0.4) is 0 Å². The number of para-hydroxylation sites is 1. The predicted molar refractivity (Wildman–Crippen MR) is 111 cm³/mol. The molecule has 1 aliphatic heterocycles. The van der Waals surface area contributed by atoms with Crippen molar-refractivity contribution >= 4 is 22.5 Å². The fraction of sp³-hybridized carbons (Fsp3) is 0.348. The zero-order valence-electron chi connectivity index (χ0n) is 16.0. The van der Waals surface area contributed by atoms with E-state index in [0.717, 1.165) is 50.0 Å². The predicted octanol–water partition coefficient (Wildman–Crippen LogP) is 4.41. The van der Waals surface area contributed by atoms with Crippen LogP contribution in [-0.4, -0.2) is 30.0 Å². The minimum absolute atomic E-state index is 0.103. The largest absolute Gasteiger partial charge is 0.369 e. The molecule has 0 bridgehead atoms. The average molecular weight is 379 g/mol. The molecule has 1 atom stereocenters. The van der Waals surface area contributed by atoms with Gasteiger partial charge >= 0.3 is 0 Å². The molecule has 4 rings (SSSR count). The van der Waals surface area contributed by atoms with E-state index >= 15 is 0 Å². The Labute approximate surface area is 164 Å². The van der Waals surface area contributed by atoms with E-state index in [2.05, 4.69) is 27.3 Å². The van der Waals surface area contributed by atoms with E-state index in [4.69, 9.17) is 0 Å². The van der Waals surface area contributed by atoms with Gasteiger partial charge in [-0.3, -0.25) is 4.79 Å². The van der Waals surface area contributed by atoms with Crippen LogP contribution in [0.5, 0.6) is 0 Å². The average Bonchev–Trinajstić information content (AvgIpc) is 3.11. The van der Waals surface area contributed by atoms with Gasteiger partial charge in [0.05, 0.1) is 0 Å². The van der Waals surface area contributed by atoms with Crippen LogP contribution in [0.25, 0.3) is 10.9 Å². The Kier molecular flexibility index (Phi) is 5.60. The molecule has 2 N–H and O–H groups in total. The van der Waals surface area contributed by atoms with E-state index < -0.39 is 0 Å². The van der Waals surface area contributed by atoms with Gasteiger partial charge in [0.15, 0.2) is 0 Å². The van der Waals surface area contributed by atoms with Crippen molar-refractivity contribution in [2.24, 2.45) is 0 Å². The van der Waals surface area contributed by atoms with Gasteiger partial charge in [-0.15, -0.1) is 0 Å². The molecule has 3 aromatic rings. The maximum Gasteiger partial charge on any atom is 0.220 e. The first kappa shape index (κ1) is 18.5. The summed E-state index contributed by atoms with van der Waals surface area (Å²) in [5, 5.41) is 4.41. The lowest BCUT2D eigenvalue weighted by molar-refractivity contribution is -0.121. The van der Waals surface area contributed by atoms with Crippen LogP contribution in [-0.2, 0) is 11.2 Å². The van der Waals surface area contributed by atoms with E-state index in [0.29, 0.717) is 6.42 Å². The molecule has 4 nitrogen and oxygen atoms in total. The molecule has 0 radical (unpaired) electrons. The third kappa shape index (κ3) is 4.35. The number of hydrogen-bond donors (Lipinski definition) is 2. The number of hydrogen-bond acceptors (Lipinski definition) is 2. The van der Waals surface area contributed by atoms with Gasteiger partial charge in [-0.1, -0.05) is 24.3 Å². The highest BCUT2D eigenvalue weighted by Crippen LogP contribution is 2.21. The Morgan fingerprint density at radius 1 is 1.21 bits per heavy atom. The van der Waals surface area contributed by atoms with Crippen molar-refractivity contribution in [1.82, 2.24) is 10.3 Å². The summed E-state index contributed by atoms with van der Waals surface area (Å²) in [6, 6.07) is 15.0. The lowest BCUT2D eigenvalue weighted by Crippen LogP contribution is -2.47. The summed E-state index contributed by atoms with van der Waals surface area (Å²) < 4.78 is 13.5. The number of H-pyrrole nitrogens is 1. The molecule has 1 aromatic heterocycles. The number of aromatic nitrogens is 1. The number of anilines is 1. The summed E-state index contributed by atoms with van der Waals surface area (Å²) in [4.78, 5) is 17.8. The number of nitrogens with one attached hydrogen (secondary N) is 2. The van der Waals surface area contributed by atoms with Gasteiger partial charge in [-0.05, 0) is 55.5 Å². The van der Waals surface area contributed by atoms with Gasteiger partial charge in [0.25, 0.3) is 0 Å². The molecule has 1 aliphatic rings. The quantitative estimate of drug-likeness (QED) is 0.666. The first-order valence-electron chi connectivity index (χ1n) is 10.0. The van der Waals surface area contributed by atoms with Crippen molar-refractivity contribution in [3.63, 3.8) is 0 Å². The van der Waals surface area contributed by atoms with E-state index in [9.17, 15) is 9.18 Å². The number of nitrogens with zero attached hydrogens (tertiary/aromatic N) is 1. The Bertz CT molecular complexity index is 952. The van der Waals surface area contributed by atoms with Gasteiger partial charge < -0.3 is 15.2 Å². The van der Waals surface area contributed by atoms with Crippen molar-refractivity contribution in [1.29, 1.82) is 0 Å². The molecule has 1 saturated heterocycles. The van der Waals surface area contributed by atoms with Crippen LogP contribution in [0.15, 0.2) is 54.7 Å². The number of carbonyl (C=O) groups is 1. The van der Waals surface area contributed by atoms with Crippen molar-refractivity contribution in [2.45, 2.75) is 38.1 Å². The molecule has 1 unspecified atom stereocenters. The Balaban J connectivity index is 1.26. The highest BCUT2D eigenvalue weighted by atomic mass is 19.1. The number of rotatable bonds is 6. The van der Waals surface area contributed by atoms with Gasteiger partial charge in [0.2, 0.25) is 5.91 Å². The SMILES string of the molecule is O=C(CCCc1c[nH]c2ccccc12)NC1CCCN(c2cccc(F)c2)C1. The number of aromatic amines is 1. The van der Waals surface area contributed by atoms with E-state index in [1.165, 1.54) is 17.0 Å². The lowest BCUT2D eigenvalue weighted by atomic mass is 10.0. The van der Waals surface area contributed by atoms with Crippen LogP contribution in [0, 0.1) is 5.82 Å². The van der Waals surface area contributed by atoms with Crippen LogP contribution in [0.1, 0.15) is 31.2 Å². The number of halogens is 1. The van der Waals surface area contributed by atoms with Crippen LogP contribution in [0.2, 0.25) is 0 Å². The second-order valence-corrected chi connectivity index (χ2v) is 7.55. The maximum atomic E-state index is 13.5. The topological polar surface area (TPSA) is 48.1 Å². The molecule has 2 aromatic carbocycles. The van der Waals surface area contributed by atoms with Crippen LogP contribution < -0.4 is 10.2 Å². The molecular formula is C23H26FN3O. The highest BCUT2D eigenvalue weighted by molar-refractivity contribution is 5.83. The van der Waals surface area contributed by atoms with Crippen molar-refractivity contribution in [2.75, 3.05) is 18.0 Å². The lowest BCUT2D eigenvalue weighted by Gasteiger charge is -2.34. The number of benzene rings is 2. The van der Waals surface area contributed by atoms with Crippen LogP contribution >= 0.6 is 0 Å². The number of aryl methyl sites for hydroxylation is 1. The first-order chi connectivity index (χ1) is 13.7. The Hall–Kier alpha value is -2.82. The van der Waals surface area contributed by atoms with E-state index in [1.54, 1.807) is 12.1 Å². The zero-order valence-corrected chi connectivity index (χ0v) is 16.0.